The van der Waals surface area contributed by atoms with Crippen molar-refractivity contribution in [3.8, 4) is 0 Å². The molecule has 3 heteroatoms. The Morgan fingerprint density at radius 1 is 1.38 bits per heavy atom. The van der Waals surface area contributed by atoms with Gasteiger partial charge in [0.25, 0.3) is 0 Å². The Morgan fingerprint density at radius 3 is 2.46 bits per heavy atom. The molecule has 0 aliphatic heterocycles. The molecule has 0 saturated heterocycles. The minimum Gasteiger partial charge on any atom is -0.390 e. The van der Waals surface area contributed by atoms with Gasteiger partial charge in [-0.3, -0.25) is 0 Å². The summed E-state index contributed by atoms with van der Waals surface area (Å²) in [7, 11) is 0. The molecule has 0 heterocycles. The lowest BCUT2D eigenvalue weighted by Gasteiger charge is -2.21. The Labute approximate surface area is 81.1 Å². The minimum atomic E-state index is -0.208. The van der Waals surface area contributed by atoms with Gasteiger partial charge in [-0.15, -0.1) is 0 Å². The predicted octanol–water partition coefficient (Wildman–Crippen LogP) is 0.441. The molecule has 78 valence electrons. The van der Waals surface area contributed by atoms with E-state index in [2.05, 4.69) is 24.1 Å². The van der Waals surface area contributed by atoms with Gasteiger partial charge in [0.1, 0.15) is 0 Å². The SMILES string of the molecule is CCN(CC)C[C@@H](O)CNC1CC1. The monoisotopic (exact) mass is 186 g/mol. The maximum absolute atomic E-state index is 9.65. The van der Waals surface area contributed by atoms with Gasteiger partial charge in [0.2, 0.25) is 0 Å². The van der Waals surface area contributed by atoms with Crippen LogP contribution in [-0.4, -0.2) is 48.3 Å². The normalized spacial score (nSPS) is 19.4. The second-order valence-electron chi connectivity index (χ2n) is 3.82. The van der Waals surface area contributed by atoms with Crippen LogP contribution in [0, 0.1) is 0 Å². The van der Waals surface area contributed by atoms with Crippen molar-refractivity contribution >= 4 is 0 Å². The third-order valence-electron chi connectivity index (χ3n) is 2.58. The van der Waals surface area contributed by atoms with Crippen molar-refractivity contribution in [1.82, 2.24) is 10.2 Å². The molecule has 1 aliphatic rings. The van der Waals surface area contributed by atoms with Crippen LogP contribution in [0.3, 0.4) is 0 Å². The second kappa shape index (κ2) is 5.58. The predicted molar refractivity (Wildman–Crippen MR) is 54.8 cm³/mol. The van der Waals surface area contributed by atoms with Crippen LogP contribution in [0.1, 0.15) is 26.7 Å². The first-order valence-electron chi connectivity index (χ1n) is 5.40. The molecule has 0 bridgehead atoms. The van der Waals surface area contributed by atoms with Gasteiger partial charge in [-0.2, -0.15) is 0 Å². The molecule has 1 saturated carbocycles. The second-order valence-corrected chi connectivity index (χ2v) is 3.82. The summed E-state index contributed by atoms with van der Waals surface area (Å²) in [4.78, 5) is 2.25. The van der Waals surface area contributed by atoms with Gasteiger partial charge in [-0.05, 0) is 25.9 Å². The van der Waals surface area contributed by atoms with Gasteiger partial charge in [0.15, 0.2) is 0 Å². The molecule has 0 unspecified atom stereocenters. The van der Waals surface area contributed by atoms with Crippen LogP contribution in [0.5, 0.6) is 0 Å². The van der Waals surface area contributed by atoms with E-state index in [1.54, 1.807) is 0 Å². The number of aliphatic hydroxyl groups excluding tert-OH is 1. The Balaban J connectivity index is 2.03. The van der Waals surface area contributed by atoms with E-state index in [-0.39, 0.29) is 6.10 Å². The van der Waals surface area contributed by atoms with E-state index in [0.29, 0.717) is 6.04 Å². The van der Waals surface area contributed by atoms with Crippen molar-refractivity contribution in [1.29, 1.82) is 0 Å². The van der Waals surface area contributed by atoms with E-state index < -0.39 is 0 Å². The van der Waals surface area contributed by atoms with Crippen molar-refractivity contribution < 1.29 is 5.11 Å². The van der Waals surface area contributed by atoms with Crippen LogP contribution in [0.2, 0.25) is 0 Å². The molecule has 1 fully saturated rings. The van der Waals surface area contributed by atoms with Gasteiger partial charge in [0.05, 0.1) is 6.10 Å². The van der Waals surface area contributed by atoms with Crippen molar-refractivity contribution in [3.63, 3.8) is 0 Å². The summed E-state index contributed by atoms with van der Waals surface area (Å²) < 4.78 is 0. The van der Waals surface area contributed by atoms with E-state index in [4.69, 9.17) is 0 Å². The van der Waals surface area contributed by atoms with Crippen LogP contribution >= 0.6 is 0 Å². The van der Waals surface area contributed by atoms with Crippen LogP contribution in [0.25, 0.3) is 0 Å². The zero-order chi connectivity index (χ0) is 9.68. The van der Waals surface area contributed by atoms with Crippen LogP contribution in [0.15, 0.2) is 0 Å². The lowest BCUT2D eigenvalue weighted by Crippen LogP contribution is -2.38. The van der Waals surface area contributed by atoms with Gasteiger partial charge >= 0.3 is 0 Å². The van der Waals surface area contributed by atoms with Crippen LogP contribution in [0.4, 0.5) is 0 Å². The molecule has 2 N–H and O–H groups in total. The van der Waals surface area contributed by atoms with Crippen molar-refractivity contribution in [2.24, 2.45) is 0 Å². The highest BCUT2D eigenvalue weighted by Gasteiger charge is 2.21. The molecule has 1 atom stereocenters. The van der Waals surface area contributed by atoms with Crippen LogP contribution in [-0.2, 0) is 0 Å². The molecule has 0 aromatic heterocycles. The number of hydrogen-bond acceptors (Lipinski definition) is 3. The zero-order valence-corrected chi connectivity index (χ0v) is 8.79. The third kappa shape index (κ3) is 4.60. The van der Waals surface area contributed by atoms with Crippen molar-refractivity contribution in [2.75, 3.05) is 26.2 Å². The van der Waals surface area contributed by atoms with Gasteiger partial charge < -0.3 is 15.3 Å². The highest BCUT2D eigenvalue weighted by molar-refractivity contribution is 4.82. The van der Waals surface area contributed by atoms with Gasteiger partial charge in [-0.1, -0.05) is 13.8 Å². The molecule has 1 aliphatic carbocycles. The number of rotatable bonds is 7. The summed E-state index contributed by atoms with van der Waals surface area (Å²) in [5, 5.41) is 13.0. The summed E-state index contributed by atoms with van der Waals surface area (Å²) in [5.74, 6) is 0. The average molecular weight is 186 g/mol. The first-order chi connectivity index (χ1) is 6.26. The molecule has 0 spiro atoms. The fraction of sp³-hybridized carbons (Fsp3) is 1.00. The van der Waals surface area contributed by atoms with Gasteiger partial charge in [-0.25, -0.2) is 0 Å². The Hall–Kier alpha value is -0.120. The molecule has 0 aromatic rings. The van der Waals surface area contributed by atoms with E-state index in [1.165, 1.54) is 12.8 Å². The van der Waals surface area contributed by atoms with Gasteiger partial charge in [0, 0.05) is 19.1 Å². The van der Waals surface area contributed by atoms with Crippen molar-refractivity contribution in [2.45, 2.75) is 38.8 Å². The fourth-order valence-corrected chi connectivity index (χ4v) is 1.43. The molecule has 1 rings (SSSR count). The molecule has 0 radical (unpaired) electrons. The lowest BCUT2D eigenvalue weighted by atomic mass is 10.3. The number of likely N-dealkylation sites (N-methyl/N-ethyl adjacent to an activating group) is 1. The molecular weight excluding hydrogens is 164 g/mol. The highest BCUT2D eigenvalue weighted by Crippen LogP contribution is 2.18. The lowest BCUT2D eigenvalue weighted by molar-refractivity contribution is 0.116. The smallest absolute Gasteiger partial charge is 0.0791 e. The quantitative estimate of drug-likeness (QED) is 0.605. The first-order valence-corrected chi connectivity index (χ1v) is 5.40. The topological polar surface area (TPSA) is 35.5 Å². The Morgan fingerprint density at radius 2 is 2.00 bits per heavy atom. The van der Waals surface area contributed by atoms with E-state index in [0.717, 1.165) is 26.2 Å². The van der Waals surface area contributed by atoms with E-state index in [1.807, 2.05) is 0 Å². The Bertz CT molecular complexity index is 133. The third-order valence-corrected chi connectivity index (χ3v) is 2.58. The minimum absolute atomic E-state index is 0.208. The number of nitrogens with zero attached hydrogens (tertiary/aromatic N) is 1. The maximum Gasteiger partial charge on any atom is 0.0791 e. The van der Waals surface area contributed by atoms with E-state index >= 15 is 0 Å². The highest BCUT2D eigenvalue weighted by atomic mass is 16.3. The molecule has 0 aromatic carbocycles. The number of nitrogens with one attached hydrogen (secondary N) is 1. The van der Waals surface area contributed by atoms with E-state index in [9.17, 15) is 5.11 Å². The molecule has 13 heavy (non-hydrogen) atoms. The summed E-state index contributed by atoms with van der Waals surface area (Å²) in [6.45, 7) is 7.86. The standard InChI is InChI=1S/C10H22N2O/c1-3-12(4-2)8-10(13)7-11-9-5-6-9/h9-11,13H,3-8H2,1-2H3/t10-/m0/s1. The summed E-state index contributed by atoms with van der Waals surface area (Å²) in [5.41, 5.74) is 0. The summed E-state index contributed by atoms with van der Waals surface area (Å²) in [6, 6.07) is 0.700. The fourth-order valence-electron chi connectivity index (χ4n) is 1.43. The van der Waals surface area contributed by atoms with Crippen molar-refractivity contribution in [3.05, 3.63) is 0 Å². The number of hydrogen-bond donors (Lipinski definition) is 2. The zero-order valence-electron chi connectivity index (χ0n) is 8.79. The molecule has 3 nitrogen and oxygen atoms in total. The number of aliphatic hydroxyl groups is 1. The average Bonchev–Trinajstić information content (AvgIpc) is 2.94. The molecular formula is C10H22N2O. The summed E-state index contributed by atoms with van der Waals surface area (Å²) in [6.07, 6.45) is 2.37. The van der Waals surface area contributed by atoms with Crippen LogP contribution < -0.4 is 5.32 Å². The maximum atomic E-state index is 9.65. The summed E-state index contributed by atoms with van der Waals surface area (Å²) >= 11 is 0. The largest absolute Gasteiger partial charge is 0.390 e. The first kappa shape index (κ1) is 11.0. The molecule has 0 amide bonds. The Kier molecular flexibility index (Phi) is 4.70.